The van der Waals surface area contributed by atoms with E-state index in [2.05, 4.69) is 20.5 Å². The summed E-state index contributed by atoms with van der Waals surface area (Å²) in [4.78, 5) is 16.2. The first-order valence-corrected chi connectivity index (χ1v) is 10.1. The van der Waals surface area contributed by atoms with Crippen molar-refractivity contribution in [2.45, 2.75) is 38.6 Å². The van der Waals surface area contributed by atoms with Crippen molar-refractivity contribution in [1.29, 1.82) is 0 Å². The largest absolute Gasteiger partial charge is 0.433 e. The molecule has 3 aromatic heterocycles. The van der Waals surface area contributed by atoms with Gasteiger partial charge in [-0.1, -0.05) is 6.07 Å². The maximum atomic E-state index is 13.0. The lowest BCUT2D eigenvalue weighted by Gasteiger charge is -2.16. The number of hydrogen-bond acceptors (Lipinski definition) is 5. The number of hydrogen-bond donors (Lipinski definition) is 2. The third-order valence-corrected chi connectivity index (χ3v) is 4.89. The molecule has 0 fully saturated rings. The highest BCUT2D eigenvalue weighted by molar-refractivity contribution is 6.05. The number of aromatic nitrogens is 5. The van der Waals surface area contributed by atoms with Crippen LogP contribution in [0, 0.1) is 0 Å². The number of pyridine rings is 1. The maximum Gasteiger partial charge on any atom is 0.433 e. The molecule has 0 atom stereocenters. The molecule has 0 aliphatic carbocycles. The minimum atomic E-state index is -4.66. The first kappa shape index (κ1) is 22.5. The lowest BCUT2D eigenvalue weighted by atomic mass is 10.1. The number of nitrogens with one attached hydrogen (secondary N) is 1. The highest BCUT2D eigenvalue weighted by Gasteiger charge is 2.33. The van der Waals surface area contributed by atoms with Gasteiger partial charge < -0.3 is 10.4 Å². The summed E-state index contributed by atoms with van der Waals surface area (Å²) in [6.45, 7) is 3.90. The van der Waals surface area contributed by atoms with Crippen LogP contribution >= 0.6 is 0 Å². The molecule has 0 aliphatic heterocycles. The number of nitrogens with zero attached hydrogens (tertiary/aromatic N) is 5. The molecule has 4 aromatic rings. The van der Waals surface area contributed by atoms with E-state index in [1.165, 1.54) is 10.7 Å². The minimum Gasteiger partial charge on any atom is -0.390 e. The third kappa shape index (κ3) is 5.20. The molecule has 0 radical (unpaired) electrons. The molecule has 172 valence electrons. The van der Waals surface area contributed by atoms with Crippen LogP contribution in [0.1, 0.15) is 36.5 Å². The SMILES string of the molecule is CC(C)(O)CCn1cc2cc(NC(=O)c3cccc(C(F)(F)F)n3)c(-n3cccn3)cc2n1. The van der Waals surface area contributed by atoms with Crippen LogP contribution in [0.25, 0.3) is 16.6 Å². The normalized spacial score (nSPS) is 12.3. The standard InChI is InChI=1S/C22H21F3N6O2/c1-21(2,33)7-10-30-13-14-11-17(18(12-16(14)29-30)31-9-4-8-26-31)28-20(32)15-5-3-6-19(27-15)22(23,24)25/h3-6,8-9,11-13,33H,7,10H2,1-2H3,(H,28,32). The number of alkyl halides is 3. The van der Waals surface area contributed by atoms with Crippen molar-refractivity contribution < 1.29 is 23.1 Å². The molecule has 2 N–H and O–H groups in total. The van der Waals surface area contributed by atoms with E-state index in [1.54, 1.807) is 55.3 Å². The Kier molecular flexibility index (Phi) is 5.66. The summed E-state index contributed by atoms with van der Waals surface area (Å²) >= 11 is 0. The van der Waals surface area contributed by atoms with Crippen LogP contribution in [0.2, 0.25) is 0 Å². The van der Waals surface area contributed by atoms with Crippen LogP contribution in [0.4, 0.5) is 18.9 Å². The Labute approximate surface area is 186 Å². The highest BCUT2D eigenvalue weighted by Crippen LogP contribution is 2.29. The molecular weight excluding hydrogens is 437 g/mol. The molecule has 1 aromatic carbocycles. The molecule has 1 amide bonds. The van der Waals surface area contributed by atoms with E-state index in [4.69, 9.17) is 0 Å². The lowest BCUT2D eigenvalue weighted by molar-refractivity contribution is -0.141. The number of aliphatic hydroxyl groups is 1. The monoisotopic (exact) mass is 458 g/mol. The van der Waals surface area contributed by atoms with Crippen LogP contribution in [0.5, 0.6) is 0 Å². The van der Waals surface area contributed by atoms with Crippen LogP contribution in [-0.2, 0) is 12.7 Å². The first-order valence-electron chi connectivity index (χ1n) is 10.1. The Bertz CT molecular complexity index is 1290. The maximum absolute atomic E-state index is 13.0. The smallest absolute Gasteiger partial charge is 0.390 e. The zero-order chi connectivity index (χ0) is 23.8. The fourth-order valence-corrected chi connectivity index (χ4v) is 3.22. The zero-order valence-electron chi connectivity index (χ0n) is 17.8. The van der Waals surface area contributed by atoms with E-state index < -0.39 is 23.4 Å². The quantitative estimate of drug-likeness (QED) is 0.454. The van der Waals surface area contributed by atoms with Gasteiger partial charge in [0.05, 0.1) is 22.5 Å². The summed E-state index contributed by atoms with van der Waals surface area (Å²) in [6.07, 6.45) is 0.827. The van der Waals surface area contributed by atoms with Crippen molar-refractivity contribution in [2.75, 3.05) is 5.32 Å². The summed E-state index contributed by atoms with van der Waals surface area (Å²) in [5, 5.41) is 22.0. The Hall–Kier alpha value is -3.73. The second-order valence-corrected chi connectivity index (χ2v) is 8.19. The summed E-state index contributed by atoms with van der Waals surface area (Å²) < 4.78 is 42.2. The van der Waals surface area contributed by atoms with E-state index in [0.29, 0.717) is 35.2 Å². The highest BCUT2D eigenvalue weighted by atomic mass is 19.4. The van der Waals surface area contributed by atoms with E-state index in [9.17, 15) is 23.1 Å². The Morgan fingerprint density at radius 3 is 2.64 bits per heavy atom. The van der Waals surface area contributed by atoms with Gasteiger partial charge in [0.2, 0.25) is 0 Å². The predicted molar refractivity (Wildman–Crippen MR) is 115 cm³/mol. The van der Waals surface area contributed by atoms with E-state index >= 15 is 0 Å². The van der Waals surface area contributed by atoms with Crippen LogP contribution < -0.4 is 5.32 Å². The molecule has 0 aliphatic rings. The number of carbonyl (C=O) groups excluding carboxylic acids is 1. The van der Waals surface area contributed by atoms with Crippen molar-refractivity contribution in [3.8, 4) is 5.69 Å². The van der Waals surface area contributed by atoms with Gasteiger partial charge >= 0.3 is 6.18 Å². The number of fused-ring (bicyclic) bond motifs is 1. The molecule has 11 heteroatoms. The fraction of sp³-hybridized carbons (Fsp3) is 0.273. The summed E-state index contributed by atoms with van der Waals surface area (Å²) in [7, 11) is 0. The summed E-state index contributed by atoms with van der Waals surface area (Å²) in [5.41, 5.74) is -0.914. The molecule has 0 bridgehead atoms. The lowest BCUT2D eigenvalue weighted by Crippen LogP contribution is -2.21. The number of amides is 1. The predicted octanol–water partition coefficient (Wildman–Crippen LogP) is 4.05. The van der Waals surface area contributed by atoms with Gasteiger partial charge in [-0.05, 0) is 50.6 Å². The number of carbonyl (C=O) groups is 1. The van der Waals surface area contributed by atoms with Gasteiger partial charge in [0.1, 0.15) is 11.4 Å². The second kappa shape index (κ2) is 8.32. The number of rotatable bonds is 6. The van der Waals surface area contributed by atoms with E-state index in [-0.39, 0.29) is 5.69 Å². The van der Waals surface area contributed by atoms with Gasteiger partial charge in [0, 0.05) is 30.5 Å². The average molecular weight is 458 g/mol. The Morgan fingerprint density at radius 2 is 1.97 bits per heavy atom. The van der Waals surface area contributed by atoms with Gasteiger partial charge in [-0.2, -0.15) is 23.4 Å². The number of benzene rings is 1. The van der Waals surface area contributed by atoms with Crippen molar-refractivity contribution >= 4 is 22.5 Å². The molecule has 0 unspecified atom stereocenters. The van der Waals surface area contributed by atoms with Gasteiger partial charge in [-0.15, -0.1) is 0 Å². The van der Waals surface area contributed by atoms with Gasteiger partial charge in [0.25, 0.3) is 5.91 Å². The molecule has 0 saturated carbocycles. The van der Waals surface area contributed by atoms with Crippen LogP contribution in [0.3, 0.4) is 0 Å². The molecule has 0 spiro atoms. The minimum absolute atomic E-state index is 0.331. The van der Waals surface area contributed by atoms with Crippen molar-refractivity contribution in [3.05, 3.63) is 66.4 Å². The first-order chi connectivity index (χ1) is 15.5. The molecule has 4 rings (SSSR count). The van der Waals surface area contributed by atoms with Crippen molar-refractivity contribution in [2.24, 2.45) is 0 Å². The molecule has 8 nitrogen and oxygen atoms in total. The van der Waals surface area contributed by atoms with E-state index in [1.807, 2.05) is 0 Å². The molecule has 33 heavy (non-hydrogen) atoms. The number of aryl methyl sites for hydroxylation is 1. The molecule has 3 heterocycles. The Balaban J connectivity index is 1.69. The Morgan fingerprint density at radius 1 is 1.18 bits per heavy atom. The molecular formula is C22H21F3N6O2. The summed E-state index contributed by atoms with van der Waals surface area (Å²) in [5.74, 6) is -0.789. The number of halogens is 3. The second-order valence-electron chi connectivity index (χ2n) is 8.19. The van der Waals surface area contributed by atoms with E-state index in [0.717, 1.165) is 12.1 Å². The topological polar surface area (TPSA) is 97.9 Å². The van der Waals surface area contributed by atoms with Gasteiger partial charge in [-0.3, -0.25) is 9.48 Å². The fourth-order valence-electron chi connectivity index (χ4n) is 3.22. The third-order valence-electron chi connectivity index (χ3n) is 4.89. The van der Waals surface area contributed by atoms with Crippen molar-refractivity contribution in [3.63, 3.8) is 0 Å². The van der Waals surface area contributed by atoms with Crippen LogP contribution in [0.15, 0.2) is 55.0 Å². The van der Waals surface area contributed by atoms with Crippen LogP contribution in [-0.4, -0.2) is 41.2 Å². The molecule has 0 saturated heterocycles. The average Bonchev–Trinajstić information content (AvgIpc) is 3.40. The van der Waals surface area contributed by atoms with Crippen molar-refractivity contribution in [1.82, 2.24) is 24.5 Å². The zero-order valence-corrected chi connectivity index (χ0v) is 17.8. The number of anilines is 1. The summed E-state index contributed by atoms with van der Waals surface area (Å²) in [6, 6.07) is 8.25. The van der Waals surface area contributed by atoms with Gasteiger partial charge in [0.15, 0.2) is 0 Å². The van der Waals surface area contributed by atoms with Gasteiger partial charge in [-0.25, -0.2) is 9.67 Å².